The lowest BCUT2D eigenvalue weighted by Gasteiger charge is -2.13. The van der Waals surface area contributed by atoms with Gasteiger partial charge in [0, 0.05) is 12.7 Å². The van der Waals surface area contributed by atoms with E-state index >= 15 is 0 Å². The third kappa shape index (κ3) is 2.67. The van der Waals surface area contributed by atoms with E-state index in [9.17, 15) is 4.79 Å². The van der Waals surface area contributed by atoms with Crippen molar-refractivity contribution in [3.63, 3.8) is 0 Å². The van der Waals surface area contributed by atoms with Gasteiger partial charge in [-0.15, -0.1) is 0 Å². The van der Waals surface area contributed by atoms with Gasteiger partial charge in [0.1, 0.15) is 5.75 Å². The molecule has 0 N–H and O–H groups in total. The van der Waals surface area contributed by atoms with Crippen LogP contribution in [0.2, 0.25) is 0 Å². The summed E-state index contributed by atoms with van der Waals surface area (Å²) in [6.45, 7) is 5.76. The molecule has 1 aromatic heterocycles. The van der Waals surface area contributed by atoms with Crippen LogP contribution in [-0.4, -0.2) is 21.7 Å². The highest BCUT2D eigenvalue weighted by Gasteiger charge is 2.19. The Balaban J connectivity index is 2.41. The standard InChI is InChI=1S/C15H18N2O2/c1-10(2)19-14-8-6-5-7-12(14)15(18)13-9-16-17(4)11(13)3/h5-10H,1-4H3. The number of aromatic nitrogens is 2. The van der Waals surface area contributed by atoms with Gasteiger partial charge in [0.15, 0.2) is 5.78 Å². The van der Waals surface area contributed by atoms with Gasteiger partial charge in [-0.1, -0.05) is 12.1 Å². The molecule has 0 radical (unpaired) electrons. The fraction of sp³-hybridized carbons (Fsp3) is 0.333. The highest BCUT2D eigenvalue weighted by molar-refractivity contribution is 6.11. The first-order valence-electron chi connectivity index (χ1n) is 6.29. The predicted octanol–water partition coefficient (Wildman–Crippen LogP) is 2.75. The number of carbonyl (C=O) groups excluding carboxylic acids is 1. The van der Waals surface area contributed by atoms with Gasteiger partial charge in [0.25, 0.3) is 0 Å². The first kappa shape index (κ1) is 13.3. The van der Waals surface area contributed by atoms with Crippen LogP contribution in [0.4, 0.5) is 0 Å². The number of ether oxygens (including phenoxy) is 1. The second-order valence-electron chi connectivity index (χ2n) is 4.76. The molecule has 0 spiro atoms. The molecule has 0 atom stereocenters. The number of ketones is 1. The number of para-hydroxylation sites is 1. The van der Waals surface area contributed by atoms with Crippen LogP contribution in [0.15, 0.2) is 30.5 Å². The van der Waals surface area contributed by atoms with Crippen LogP contribution < -0.4 is 4.74 Å². The minimum atomic E-state index is -0.0538. The van der Waals surface area contributed by atoms with Crippen LogP contribution in [0.25, 0.3) is 0 Å². The van der Waals surface area contributed by atoms with Gasteiger partial charge in [0.2, 0.25) is 0 Å². The molecule has 0 aliphatic heterocycles. The molecular weight excluding hydrogens is 240 g/mol. The Morgan fingerprint density at radius 1 is 1.26 bits per heavy atom. The molecular formula is C15H18N2O2. The second-order valence-corrected chi connectivity index (χ2v) is 4.76. The highest BCUT2D eigenvalue weighted by atomic mass is 16.5. The third-order valence-corrected chi connectivity index (χ3v) is 2.97. The molecule has 0 unspecified atom stereocenters. The van der Waals surface area contributed by atoms with Gasteiger partial charge >= 0.3 is 0 Å². The molecule has 0 aliphatic carbocycles. The summed E-state index contributed by atoms with van der Waals surface area (Å²) < 4.78 is 7.38. The van der Waals surface area contributed by atoms with Crippen LogP contribution in [0, 0.1) is 6.92 Å². The van der Waals surface area contributed by atoms with Crippen molar-refractivity contribution in [2.24, 2.45) is 7.05 Å². The Morgan fingerprint density at radius 2 is 1.95 bits per heavy atom. The number of benzene rings is 1. The molecule has 0 saturated heterocycles. The van der Waals surface area contributed by atoms with Gasteiger partial charge in [-0.05, 0) is 32.9 Å². The van der Waals surface area contributed by atoms with Crippen molar-refractivity contribution in [2.75, 3.05) is 0 Å². The van der Waals surface area contributed by atoms with Crippen molar-refractivity contribution in [3.8, 4) is 5.75 Å². The van der Waals surface area contributed by atoms with E-state index in [2.05, 4.69) is 5.10 Å². The summed E-state index contributed by atoms with van der Waals surface area (Å²) in [7, 11) is 1.82. The summed E-state index contributed by atoms with van der Waals surface area (Å²) in [6.07, 6.45) is 1.63. The van der Waals surface area contributed by atoms with Crippen molar-refractivity contribution in [1.82, 2.24) is 9.78 Å². The van der Waals surface area contributed by atoms with Crippen molar-refractivity contribution >= 4 is 5.78 Å². The maximum absolute atomic E-state index is 12.5. The molecule has 0 saturated carbocycles. The maximum Gasteiger partial charge on any atom is 0.200 e. The Bertz CT molecular complexity index is 600. The average Bonchev–Trinajstić information content (AvgIpc) is 2.69. The van der Waals surface area contributed by atoms with Gasteiger partial charge in [0.05, 0.1) is 23.4 Å². The van der Waals surface area contributed by atoms with Crippen LogP contribution in [0.1, 0.15) is 35.5 Å². The lowest BCUT2D eigenvalue weighted by molar-refractivity contribution is 0.103. The quantitative estimate of drug-likeness (QED) is 0.792. The first-order valence-corrected chi connectivity index (χ1v) is 6.29. The minimum Gasteiger partial charge on any atom is -0.490 e. The molecule has 1 heterocycles. The summed E-state index contributed by atoms with van der Waals surface area (Å²) >= 11 is 0. The summed E-state index contributed by atoms with van der Waals surface area (Å²) in [5.74, 6) is 0.563. The zero-order chi connectivity index (χ0) is 14.0. The summed E-state index contributed by atoms with van der Waals surface area (Å²) in [4.78, 5) is 12.5. The highest BCUT2D eigenvalue weighted by Crippen LogP contribution is 2.23. The molecule has 19 heavy (non-hydrogen) atoms. The van der Waals surface area contributed by atoms with Crippen molar-refractivity contribution in [1.29, 1.82) is 0 Å². The number of rotatable bonds is 4. The van der Waals surface area contributed by atoms with Gasteiger partial charge in [-0.3, -0.25) is 9.48 Å². The van der Waals surface area contributed by atoms with Gasteiger partial charge in [-0.25, -0.2) is 0 Å². The number of aryl methyl sites for hydroxylation is 1. The third-order valence-electron chi connectivity index (χ3n) is 2.97. The predicted molar refractivity (Wildman–Crippen MR) is 73.6 cm³/mol. The summed E-state index contributed by atoms with van der Waals surface area (Å²) in [5, 5.41) is 4.11. The van der Waals surface area contributed by atoms with Crippen LogP contribution >= 0.6 is 0 Å². The Morgan fingerprint density at radius 3 is 2.53 bits per heavy atom. The number of carbonyl (C=O) groups is 1. The SMILES string of the molecule is Cc1c(C(=O)c2ccccc2OC(C)C)cnn1C. The second kappa shape index (κ2) is 5.26. The van der Waals surface area contributed by atoms with E-state index in [1.807, 2.05) is 46.0 Å². The largest absolute Gasteiger partial charge is 0.490 e. The number of hydrogen-bond acceptors (Lipinski definition) is 3. The zero-order valence-corrected chi connectivity index (χ0v) is 11.7. The Kier molecular flexibility index (Phi) is 3.69. The van der Waals surface area contributed by atoms with Crippen LogP contribution in [-0.2, 0) is 7.05 Å². The molecule has 4 heteroatoms. The van der Waals surface area contributed by atoms with Gasteiger partial charge in [-0.2, -0.15) is 5.10 Å². The molecule has 2 rings (SSSR count). The van der Waals surface area contributed by atoms with E-state index in [1.165, 1.54) is 0 Å². The Labute approximate surface area is 113 Å². The van der Waals surface area contributed by atoms with Gasteiger partial charge < -0.3 is 4.74 Å². The lowest BCUT2D eigenvalue weighted by atomic mass is 10.0. The molecule has 0 amide bonds. The lowest BCUT2D eigenvalue weighted by Crippen LogP contribution is -2.11. The topological polar surface area (TPSA) is 44.1 Å². The minimum absolute atomic E-state index is 0.0314. The molecule has 100 valence electrons. The molecule has 0 aliphatic rings. The number of hydrogen-bond donors (Lipinski definition) is 0. The van der Waals surface area contributed by atoms with E-state index in [4.69, 9.17) is 4.74 Å². The molecule has 0 fully saturated rings. The fourth-order valence-corrected chi connectivity index (χ4v) is 1.88. The Hall–Kier alpha value is -2.10. The van der Waals surface area contributed by atoms with Crippen LogP contribution in [0.5, 0.6) is 5.75 Å². The van der Waals surface area contributed by atoms with E-state index in [0.717, 1.165) is 5.69 Å². The maximum atomic E-state index is 12.5. The molecule has 4 nitrogen and oxygen atoms in total. The normalized spacial score (nSPS) is 10.8. The van der Waals surface area contributed by atoms with E-state index in [1.54, 1.807) is 16.9 Å². The van der Waals surface area contributed by atoms with E-state index in [0.29, 0.717) is 16.9 Å². The summed E-state index contributed by atoms with van der Waals surface area (Å²) in [6, 6.07) is 7.31. The van der Waals surface area contributed by atoms with Crippen molar-refractivity contribution < 1.29 is 9.53 Å². The monoisotopic (exact) mass is 258 g/mol. The molecule has 0 bridgehead atoms. The van der Waals surface area contributed by atoms with Crippen LogP contribution in [0.3, 0.4) is 0 Å². The van der Waals surface area contributed by atoms with E-state index in [-0.39, 0.29) is 11.9 Å². The van der Waals surface area contributed by atoms with Crippen molar-refractivity contribution in [2.45, 2.75) is 26.9 Å². The first-order chi connectivity index (χ1) is 9.00. The fourth-order valence-electron chi connectivity index (χ4n) is 1.88. The number of nitrogens with zero attached hydrogens (tertiary/aromatic N) is 2. The van der Waals surface area contributed by atoms with E-state index < -0.39 is 0 Å². The molecule has 2 aromatic rings. The zero-order valence-electron chi connectivity index (χ0n) is 11.7. The molecule has 1 aromatic carbocycles. The van der Waals surface area contributed by atoms with Crippen molar-refractivity contribution in [3.05, 3.63) is 47.3 Å². The smallest absolute Gasteiger partial charge is 0.200 e. The summed E-state index contributed by atoms with van der Waals surface area (Å²) in [5.41, 5.74) is 2.04. The average molecular weight is 258 g/mol.